The minimum atomic E-state index is -0.464. The summed E-state index contributed by atoms with van der Waals surface area (Å²) in [6, 6.07) is 13.0. The second-order valence-corrected chi connectivity index (χ2v) is 8.07. The topological polar surface area (TPSA) is 69.0 Å². The second-order valence-electron chi connectivity index (χ2n) is 6.35. The van der Waals surface area contributed by atoms with E-state index in [-0.39, 0.29) is 5.91 Å². The van der Waals surface area contributed by atoms with E-state index in [2.05, 4.69) is 15.5 Å². The molecule has 152 valence electrons. The predicted octanol–water partition coefficient (Wildman–Crippen LogP) is 4.87. The number of para-hydroxylation sites is 1. The Kier molecular flexibility index (Phi) is 6.76. The summed E-state index contributed by atoms with van der Waals surface area (Å²) in [7, 11) is 1.81. The Balaban J connectivity index is 1.65. The monoisotopic (exact) mass is 434 g/mol. The van der Waals surface area contributed by atoms with Gasteiger partial charge in [-0.1, -0.05) is 41.6 Å². The van der Waals surface area contributed by atoms with Crippen LogP contribution in [0.2, 0.25) is 5.02 Å². The fraction of sp³-hybridized carbons (Fsp3) is 0.250. The van der Waals surface area contributed by atoms with Crippen molar-refractivity contribution in [2.24, 2.45) is 7.05 Å². The smallest absolute Gasteiger partial charge is 0.237 e. The average molecular weight is 435 g/mol. The molecule has 0 aliphatic rings. The summed E-state index contributed by atoms with van der Waals surface area (Å²) in [5, 5.41) is 11.7. The van der Waals surface area contributed by atoms with E-state index < -0.39 is 17.2 Å². The van der Waals surface area contributed by atoms with Crippen molar-refractivity contribution < 1.29 is 13.9 Å². The number of hydrogen-bond donors (Lipinski definition) is 1. The van der Waals surface area contributed by atoms with E-state index >= 15 is 0 Å². The number of carbonyl (C=O) groups is 1. The molecule has 1 heterocycles. The molecule has 29 heavy (non-hydrogen) atoms. The van der Waals surface area contributed by atoms with Crippen molar-refractivity contribution in [2.45, 2.75) is 30.4 Å². The van der Waals surface area contributed by atoms with Gasteiger partial charge in [-0.2, -0.15) is 0 Å². The van der Waals surface area contributed by atoms with Crippen LogP contribution in [0.15, 0.2) is 53.7 Å². The summed E-state index contributed by atoms with van der Waals surface area (Å²) >= 11 is 7.39. The van der Waals surface area contributed by atoms with Gasteiger partial charge in [-0.05, 0) is 44.2 Å². The van der Waals surface area contributed by atoms with Crippen molar-refractivity contribution in [3.05, 3.63) is 65.2 Å². The van der Waals surface area contributed by atoms with E-state index in [0.717, 1.165) is 0 Å². The lowest BCUT2D eigenvalue weighted by molar-refractivity contribution is -0.115. The third-order valence-electron chi connectivity index (χ3n) is 4.12. The number of nitrogens with one attached hydrogen (secondary N) is 1. The van der Waals surface area contributed by atoms with Gasteiger partial charge in [0, 0.05) is 12.7 Å². The number of ether oxygens (including phenoxy) is 1. The molecule has 2 unspecified atom stereocenters. The average Bonchev–Trinajstić information content (AvgIpc) is 3.04. The molecular formula is C20H20ClFN4O2S. The Labute approximate surface area is 177 Å². The maximum atomic E-state index is 13.3. The first kappa shape index (κ1) is 21.1. The number of benzene rings is 2. The van der Waals surface area contributed by atoms with Crippen LogP contribution in [-0.4, -0.2) is 25.9 Å². The molecule has 1 aromatic heterocycles. The molecule has 1 N–H and O–H groups in total. The van der Waals surface area contributed by atoms with Crippen LogP contribution >= 0.6 is 23.4 Å². The maximum absolute atomic E-state index is 13.3. The molecular weight excluding hydrogens is 415 g/mol. The summed E-state index contributed by atoms with van der Waals surface area (Å²) in [6.45, 7) is 3.60. The van der Waals surface area contributed by atoms with Gasteiger partial charge < -0.3 is 14.6 Å². The Morgan fingerprint density at radius 1 is 1.21 bits per heavy atom. The molecule has 2 aromatic carbocycles. The van der Waals surface area contributed by atoms with Gasteiger partial charge in [0.15, 0.2) is 17.1 Å². The lowest BCUT2D eigenvalue weighted by Gasteiger charge is -2.16. The molecule has 0 bridgehead atoms. The van der Waals surface area contributed by atoms with Crippen LogP contribution < -0.4 is 10.1 Å². The molecule has 6 nitrogen and oxygen atoms in total. The summed E-state index contributed by atoms with van der Waals surface area (Å²) in [5.74, 6) is 0.492. The van der Waals surface area contributed by atoms with Gasteiger partial charge in [0.05, 0.1) is 10.3 Å². The van der Waals surface area contributed by atoms with Crippen LogP contribution in [0.25, 0.3) is 0 Å². The van der Waals surface area contributed by atoms with Crippen molar-refractivity contribution in [1.82, 2.24) is 14.8 Å². The van der Waals surface area contributed by atoms with Gasteiger partial charge in [-0.25, -0.2) is 4.39 Å². The predicted molar refractivity (Wildman–Crippen MR) is 112 cm³/mol. The zero-order valence-electron chi connectivity index (χ0n) is 16.1. The third-order valence-corrected chi connectivity index (χ3v) is 5.56. The number of carbonyl (C=O) groups excluding carboxylic acids is 1. The van der Waals surface area contributed by atoms with Gasteiger partial charge >= 0.3 is 0 Å². The lowest BCUT2D eigenvalue weighted by atomic mass is 10.3. The highest BCUT2D eigenvalue weighted by Crippen LogP contribution is 2.30. The summed E-state index contributed by atoms with van der Waals surface area (Å²) < 4.78 is 20.9. The fourth-order valence-electron chi connectivity index (χ4n) is 2.59. The Bertz CT molecular complexity index is 1010. The lowest BCUT2D eigenvalue weighted by Crippen LogP contribution is -2.23. The van der Waals surface area contributed by atoms with Crippen molar-refractivity contribution in [1.29, 1.82) is 0 Å². The van der Waals surface area contributed by atoms with Gasteiger partial charge in [0.25, 0.3) is 0 Å². The summed E-state index contributed by atoms with van der Waals surface area (Å²) in [4.78, 5) is 12.4. The number of rotatable bonds is 7. The van der Waals surface area contributed by atoms with Crippen LogP contribution in [0.1, 0.15) is 25.8 Å². The highest BCUT2D eigenvalue weighted by molar-refractivity contribution is 8.00. The van der Waals surface area contributed by atoms with Crippen molar-refractivity contribution in [3.8, 4) is 5.75 Å². The first-order valence-electron chi connectivity index (χ1n) is 8.88. The second kappa shape index (κ2) is 9.28. The zero-order valence-corrected chi connectivity index (χ0v) is 17.7. The van der Waals surface area contributed by atoms with E-state index in [4.69, 9.17) is 16.3 Å². The van der Waals surface area contributed by atoms with Crippen molar-refractivity contribution in [2.75, 3.05) is 5.32 Å². The number of halogens is 2. The molecule has 0 fully saturated rings. The molecule has 1 amide bonds. The van der Waals surface area contributed by atoms with Gasteiger partial charge in [-0.3, -0.25) is 4.79 Å². The molecule has 9 heteroatoms. The van der Waals surface area contributed by atoms with E-state index in [1.54, 1.807) is 36.7 Å². The van der Waals surface area contributed by atoms with Crippen LogP contribution in [0.5, 0.6) is 5.75 Å². The number of amides is 1. The molecule has 0 spiro atoms. The fourth-order valence-corrected chi connectivity index (χ4v) is 3.59. The van der Waals surface area contributed by atoms with E-state index in [0.29, 0.717) is 27.4 Å². The van der Waals surface area contributed by atoms with Crippen LogP contribution in [-0.2, 0) is 11.8 Å². The van der Waals surface area contributed by atoms with Gasteiger partial charge in [0.1, 0.15) is 11.6 Å². The zero-order chi connectivity index (χ0) is 21.0. The molecule has 0 aliphatic heterocycles. The van der Waals surface area contributed by atoms with Crippen LogP contribution in [0.3, 0.4) is 0 Å². The Morgan fingerprint density at radius 2 is 1.97 bits per heavy atom. The number of anilines is 1. The molecule has 3 aromatic rings. The van der Waals surface area contributed by atoms with E-state index in [1.165, 1.54) is 30.0 Å². The van der Waals surface area contributed by atoms with Crippen LogP contribution in [0.4, 0.5) is 10.1 Å². The van der Waals surface area contributed by atoms with Crippen LogP contribution in [0, 0.1) is 5.82 Å². The number of thioether (sulfide) groups is 1. The highest BCUT2D eigenvalue weighted by atomic mass is 35.5. The number of nitrogens with zero attached hydrogens (tertiary/aromatic N) is 3. The quantitative estimate of drug-likeness (QED) is 0.537. The third kappa shape index (κ3) is 5.27. The number of aromatic nitrogens is 3. The Morgan fingerprint density at radius 3 is 2.69 bits per heavy atom. The first-order valence-corrected chi connectivity index (χ1v) is 10.1. The first-order chi connectivity index (χ1) is 13.8. The SMILES string of the molecule is CC(Sc1nnc(C(C)Oc2ccccc2Cl)n1C)C(=O)Nc1cccc(F)c1. The van der Waals surface area contributed by atoms with Gasteiger partial charge in [-0.15, -0.1) is 10.2 Å². The molecule has 0 aliphatic carbocycles. The Hall–Kier alpha value is -2.58. The summed E-state index contributed by atoms with van der Waals surface area (Å²) in [5.41, 5.74) is 0.405. The van der Waals surface area contributed by atoms with E-state index in [9.17, 15) is 9.18 Å². The highest BCUT2D eigenvalue weighted by Gasteiger charge is 2.22. The molecule has 0 radical (unpaired) electrons. The normalized spacial score (nSPS) is 13.0. The standard InChI is InChI=1S/C20H20ClFN4O2S/c1-12(28-17-10-5-4-9-16(17)21)18-24-25-20(26(18)3)29-13(2)19(27)23-15-8-6-7-14(22)11-15/h4-13H,1-3H3,(H,23,27). The molecule has 0 saturated carbocycles. The molecule has 2 atom stereocenters. The van der Waals surface area contributed by atoms with Gasteiger partial charge in [0.2, 0.25) is 5.91 Å². The number of hydrogen-bond acceptors (Lipinski definition) is 5. The van der Waals surface area contributed by atoms with E-state index in [1.807, 2.05) is 19.1 Å². The van der Waals surface area contributed by atoms with Crippen molar-refractivity contribution in [3.63, 3.8) is 0 Å². The van der Waals surface area contributed by atoms with Crippen molar-refractivity contribution >= 4 is 35.0 Å². The maximum Gasteiger partial charge on any atom is 0.237 e. The summed E-state index contributed by atoms with van der Waals surface area (Å²) in [6.07, 6.45) is -0.391. The molecule has 0 saturated heterocycles. The minimum absolute atomic E-state index is 0.259. The largest absolute Gasteiger partial charge is 0.481 e. The minimum Gasteiger partial charge on any atom is -0.481 e. The molecule has 3 rings (SSSR count).